The lowest BCUT2D eigenvalue weighted by Gasteiger charge is -2.32. The van der Waals surface area contributed by atoms with Crippen molar-refractivity contribution in [3.63, 3.8) is 0 Å². The summed E-state index contributed by atoms with van der Waals surface area (Å²) in [6.45, 7) is 0.639. The third-order valence-electron chi connectivity index (χ3n) is 3.41. The van der Waals surface area contributed by atoms with Gasteiger partial charge in [-0.25, -0.2) is 14.6 Å². The molecular formula is C12H15N3O4S. The van der Waals surface area contributed by atoms with Gasteiger partial charge < -0.3 is 14.7 Å². The topological polar surface area (TPSA) is 91.8 Å². The third kappa shape index (κ3) is 2.75. The molecule has 2 fully saturated rings. The number of rotatable bonds is 3. The molecule has 20 heavy (non-hydrogen) atoms. The Morgan fingerprint density at radius 2 is 2.30 bits per heavy atom. The van der Waals surface area contributed by atoms with E-state index in [9.17, 15) is 9.59 Å². The second-order valence-electron chi connectivity index (χ2n) is 4.90. The van der Waals surface area contributed by atoms with Crippen LogP contribution in [0.2, 0.25) is 0 Å². The lowest BCUT2D eigenvalue weighted by molar-refractivity contribution is -0.147. The van der Waals surface area contributed by atoms with Gasteiger partial charge in [0.1, 0.15) is 0 Å². The number of ether oxygens (including phenoxy) is 1. The first-order chi connectivity index (χ1) is 9.65. The molecule has 2 aliphatic rings. The number of carbonyl (C=O) groups excluding carboxylic acids is 1. The minimum atomic E-state index is -1.06. The molecule has 0 radical (unpaired) electrons. The van der Waals surface area contributed by atoms with Gasteiger partial charge in [0.15, 0.2) is 11.2 Å². The van der Waals surface area contributed by atoms with Crippen LogP contribution in [0.3, 0.4) is 0 Å². The van der Waals surface area contributed by atoms with E-state index < -0.39 is 18.0 Å². The van der Waals surface area contributed by atoms with Crippen molar-refractivity contribution in [2.45, 2.75) is 24.8 Å². The summed E-state index contributed by atoms with van der Waals surface area (Å²) in [6.07, 6.45) is 2.31. The predicted molar refractivity (Wildman–Crippen MR) is 72.1 cm³/mol. The molecule has 1 aromatic rings. The summed E-state index contributed by atoms with van der Waals surface area (Å²) in [5, 5.41) is 14.2. The normalized spacial score (nSPS) is 22.6. The number of nitrogens with one attached hydrogen (secondary N) is 1. The molecule has 8 heteroatoms. The Bertz CT molecular complexity index is 529. The Morgan fingerprint density at radius 3 is 3.00 bits per heavy atom. The summed E-state index contributed by atoms with van der Waals surface area (Å²) in [4.78, 5) is 28.9. The summed E-state index contributed by atoms with van der Waals surface area (Å²) in [5.41, 5.74) is 1.02. The standard InChI is InChI=1S/C12H15N3O4S/c16-10(17)9-5-19-4-3-15(9)12(18)14-11-13-8(6-20-11)7-1-2-7/h6-7,9H,1-5H2,(H,16,17)(H,13,14,18). The molecule has 108 valence electrons. The van der Waals surface area contributed by atoms with Crippen LogP contribution in [0.1, 0.15) is 24.5 Å². The third-order valence-corrected chi connectivity index (χ3v) is 4.18. The Morgan fingerprint density at radius 1 is 1.50 bits per heavy atom. The molecule has 0 spiro atoms. The molecule has 2 heterocycles. The van der Waals surface area contributed by atoms with Crippen LogP contribution in [0, 0.1) is 0 Å². The monoisotopic (exact) mass is 297 g/mol. The molecular weight excluding hydrogens is 282 g/mol. The highest BCUT2D eigenvalue weighted by Crippen LogP contribution is 2.40. The van der Waals surface area contributed by atoms with Crippen molar-refractivity contribution < 1.29 is 19.4 Å². The van der Waals surface area contributed by atoms with Crippen LogP contribution in [0.15, 0.2) is 5.38 Å². The number of hydrogen-bond acceptors (Lipinski definition) is 5. The van der Waals surface area contributed by atoms with Crippen molar-refractivity contribution in [3.8, 4) is 0 Å². The van der Waals surface area contributed by atoms with E-state index >= 15 is 0 Å². The average Bonchev–Trinajstić information content (AvgIpc) is 3.19. The van der Waals surface area contributed by atoms with Crippen molar-refractivity contribution in [1.29, 1.82) is 0 Å². The van der Waals surface area contributed by atoms with Crippen molar-refractivity contribution in [3.05, 3.63) is 11.1 Å². The zero-order valence-corrected chi connectivity index (χ0v) is 11.6. The van der Waals surface area contributed by atoms with Gasteiger partial charge in [0.25, 0.3) is 0 Å². The molecule has 3 rings (SSSR count). The molecule has 0 bridgehead atoms. The Kier molecular flexibility index (Phi) is 3.58. The van der Waals surface area contributed by atoms with Gasteiger partial charge >= 0.3 is 12.0 Å². The number of carboxylic acids is 1. The van der Waals surface area contributed by atoms with Gasteiger partial charge in [-0.2, -0.15) is 0 Å². The maximum absolute atomic E-state index is 12.1. The maximum Gasteiger partial charge on any atom is 0.328 e. The lowest BCUT2D eigenvalue weighted by atomic mass is 10.2. The smallest absolute Gasteiger partial charge is 0.328 e. The van der Waals surface area contributed by atoms with Gasteiger partial charge in [0.05, 0.1) is 18.9 Å². The minimum absolute atomic E-state index is 0.0218. The largest absolute Gasteiger partial charge is 0.480 e. The number of amides is 2. The number of morpholine rings is 1. The maximum atomic E-state index is 12.1. The number of urea groups is 1. The van der Waals surface area contributed by atoms with E-state index in [-0.39, 0.29) is 13.2 Å². The molecule has 2 amide bonds. The van der Waals surface area contributed by atoms with E-state index in [1.807, 2.05) is 5.38 Å². The van der Waals surface area contributed by atoms with Gasteiger partial charge in [-0.1, -0.05) is 0 Å². The zero-order valence-electron chi connectivity index (χ0n) is 10.7. The van der Waals surface area contributed by atoms with Crippen molar-refractivity contribution in [2.24, 2.45) is 0 Å². The first kappa shape index (κ1) is 13.3. The molecule has 1 unspecified atom stereocenters. The van der Waals surface area contributed by atoms with E-state index in [1.54, 1.807) is 0 Å². The summed E-state index contributed by atoms with van der Waals surface area (Å²) in [5.74, 6) is -0.523. The van der Waals surface area contributed by atoms with Crippen molar-refractivity contribution in [1.82, 2.24) is 9.88 Å². The van der Waals surface area contributed by atoms with Crippen LogP contribution in [0.4, 0.5) is 9.93 Å². The highest BCUT2D eigenvalue weighted by molar-refractivity contribution is 7.13. The molecule has 2 N–H and O–H groups in total. The van der Waals surface area contributed by atoms with Gasteiger partial charge in [0.2, 0.25) is 0 Å². The van der Waals surface area contributed by atoms with Crippen LogP contribution in [0.25, 0.3) is 0 Å². The second-order valence-corrected chi connectivity index (χ2v) is 5.76. The molecule has 1 aliphatic carbocycles. The highest BCUT2D eigenvalue weighted by atomic mass is 32.1. The average molecular weight is 297 g/mol. The van der Waals surface area contributed by atoms with Crippen LogP contribution in [-0.4, -0.2) is 52.8 Å². The Balaban J connectivity index is 1.65. The van der Waals surface area contributed by atoms with Crippen molar-refractivity contribution in [2.75, 3.05) is 25.1 Å². The summed E-state index contributed by atoms with van der Waals surface area (Å²) in [7, 11) is 0. The number of carboxylic acid groups (broad SMARTS) is 1. The van der Waals surface area contributed by atoms with Crippen LogP contribution in [0.5, 0.6) is 0 Å². The number of aliphatic carboxylic acids is 1. The quantitative estimate of drug-likeness (QED) is 0.878. The number of nitrogens with zero attached hydrogens (tertiary/aromatic N) is 2. The molecule has 0 aromatic carbocycles. The molecule has 1 atom stereocenters. The minimum Gasteiger partial charge on any atom is -0.480 e. The van der Waals surface area contributed by atoms with Crippen LogP contribution >= 0.6 is 11.3 Å². The Hall–Kier alpha value is -1.67. The van der Waals surface area contributed by atoms with Crippen LogP contribution < -0.4 is 5.32 Å². The van der Waals surface area contributed by atoms with E-state index in [0.29, 0.717) is 17.7 Å². The number of anilines is 1. The highest BCUT2D eigenvalue weighted by Gasteiger charge is 2.33. The van der Waals surface area contributed by atoms with Crippen LogP contribution in [-0.2, 0) is 9.53 Å². The predicted octanol–water partition coefficient (Wildman–Crippen LogP) is 1.34. The SMILES string of the molecule is O=C(O)C1COCCN1C(=O)Nc1nc(C2CC2)cs1. The number of carbonyl (C=O) groups is 2. The van der Waals surface area contributed by atoms with E-state index in [1.165, 1.54) is 16.2 Å². The first-order valence-corrected chi connectivity index (χ1v) is 7.36. The fraction of sp³-hybridized carbons (Fsp3) is 0.583. The zero-order chi connectivity index (χ0) is 14.1. The molecule has 1 aromatic heterocycles. The lowest BCUT2D eigenvalue weighted by Crippen LogP contribution is -2.53. The van der Waals surface area contributed by atoms with Gasteiger partial charge in [-0.15, -0.1) is 11.3 Å². The number of hydrogen-bond donors (Lipinski definition) is 2. The molecule has 1 aliphatic heterocycles. The van der Waals surface area contributed by atoms with E-state index in [2.05, 4.69) is 10.3 Å². The summed E-state index contributed by atoms with van der Waals surface area (Å²) in [6, 6.07) is -1.37. The number of thiazole rings is 1. The molecule has 1 saturated heterocycles. The fourth-order valence-corrected chi connectivity index (χ4v) is 2.91. The van der Waals surface area contributed by atoms with E-state index in [4.69, 9.17) is 9.84 Å². The Labute approximate surface area is 119 Å². The second kappa shape index (κ2) is 5.37. The van der Waals surface area contributed by atoms with Gasteiger partial charge in [0, 0.05) is 17.8 Å². The van der Waals surface area contributed by atoms with Gasteiger partial charge in [-0.3, -0.25) is 5.32 Å². The molecule has 1 saturated carbocycles. The molecule has 7 nitrogen and oxygen atoms in total. The van der Waals surface area contributed by atoms with E-state index in [0.717, 1.165) is 18.5 Å². The number of aromatic nitrogens is 1. The summed E-state index contributed by atoms with van der Waals surface area (Å²) >= 11 is 1.37. The first-order valence-electron chi connectivity index (χ1n) is 6.49. The summed E-state index contributed by atoms with van der Waals surface area (Å²) < 4.78 is 5.10. The van der Waals surface area contributed by atoms with Gasteiger partial charge in [-0.05, 0) is 12.8 Å². The fourth-order valence-electron chi connectivity index (χ4n) is 2.12. The van der Waals surface area contributed by atoms with Crippen molar-refractivity contribution >= 4 is 28.5 Å².